The summed E-state index contributed by atoms with van der Waals surface area (Å²) in [7, 11) is 0. The van der Waals surface area contributed by atoms with Crippen molar-refractivity contribution in [1.82, 2.24) is 0 Å². The Hall–Kier alpha value is -0.560. The van der Waals surface area contributed by atoms with Crippen LogP contribution >= 0.6 is 11.6 Å². The lowest BCUT2D eigenvalue weighted by molar-refractivity contribution is 0.447. The van der Waals surface area contributed by atoms with E-state index in [0.29, 0.717) is 5.02 Å². The van der Waals surface area contributed by atoms with Gasteiger partial charge in [0.15, 0.2) is 0 Å². The molecule has 0 aliphatic heterocycles. The summed E-state index contributed by atoms with van der Waals surface area (Å²) in [6.07, 6.45) is 0. The van der Waals surface area contributed by atoms with Crippen molar-refractivity contribution in [2.45, 2.75) is 19.8 Å². The Balaban J connectivity index is 3.04. The van der Waals surface area contributed by atoms with Gasteiger partial charge < -0.3 is 0 Å². The lowest BCUT2D eigenvalue weighted by Gasteiger charge is -2.09. The molecule has 0 fully saturated rings. The summed E-state index contributed by atoms with van der Waals surface area (Å²) in [5.74, 6) is -0.0996. The van der Waals surface area contributed by atoms with Crippen LogP contribution in [-0.4, -0.2) is 6.67 Å². The number of rotatable bonds is 2. The molecule has 1 rings (SSSR count). The van der Waals surface area contributed by atoms with Gasteiger partial charge in [-0.15, -0.1) is 0 Å². The molecule has 0 saturated carbocycles. The maximum Gasteiger partial charge on any atom is 0.0960 e. The number of hydrogen-bond acceptors (Lipinski definition) is 0. The molecule has 2 heteroatoms. The van der Waals surface area contributed by atoms with Crippen LogP contribution in [0.15, 0.2) is 18.2 Å². The van der Waals surface area contributed by atoms with Crippen molar-refractivity contribution in [3.63, 3.8) is 0 Å². The molecular weight excluding hydrogens is 175 g/mol. The fraction of sp³-hybridized carbons (Fsp3) is 0.400. The van der Waals surface area contributed by atoms with Gasteiger partial charge >= 0.3 is 0 Å². The van der Waals surface area contributed by atoms with Crippen molar-refractivity contribution in [2.24, 2.45) is 0 Å². The zero-order valence-electron chi connectivity index (χ0n) is 7.27. The number of benzene rings is 1. The summed E-state index contributed by atoms with van der Waals surface area (Å²) >= 11 is 5.90. The summed E-state index contributed by atoms with van der Waals surface area (Å²) in [6.45, 7) is 3.45. The zero-order valence-corrected chi connectivity index (χ0v) is 8.03. The van der Waals surface area contributed by atoms with E-state index in [1.54, 1.807) is 0 Å². The molecule has 0 aliphatic rings. The first-order valence-electron chi connectivity index (χ1n) is 3.97. The van der Waals surface area contributed by atoms with E-state index in [1.165, 1.54) is 0 Å². The topological polar surface area (TPSA) is 0 Å². The van der Waals surface area contributed by atoms with Crippen LogP contribution in [0.25, 0.3) is 0 Å². The van der Waals surface area contributed by atoms with Crippen LogP contribution in [0, 0.1) is 6.92 Å². The molecule has 0 amide bonds. The van der Waals surface area contributed by atoms with Gasteiger partial charge in [0.2, 0.25) is 0 Å². The lowest BCUT2D eigenvalue weighted by Crippen LogP contribution is -1.96. The van der Waals surface area contributed by atoms with Crippen LogP contribution in [0.1, 0.15) is 24.0 Å². The SMILES string of the molecule is Cc1ccc(Cl)c(C(C)CF)c1. The highest BCUT2D eigenvalue weighted by molar-refractivity contribution is 6.31. The van der Waals surface area contributed by atoms with Crippen LogP contribution in [-0.2, 0) is 0 Å². The quantitative estimate of drug-likeness (QED) is 0.661. The first-order valence-corrected chi connectivity index (χ1v) is 4.35. The summed E-state index contributed by atoms with van der Waals surface area (Å²) in [5.41, 5.74) is 2.02. The van der Waals surface area contributed by atoms with Crippen LogP contribution in [0.4, 0.5) is 4.39 Å². The van der Waals surface area contributed by atoms with E-state index in [1.807, 2.05) is 32.0 Å². The monoisotopic (exact) mass is 186 g/mol. The molecule has 0 nitrogen and oxygen atoms in total. The first-order chi connectivity index (χ1) is 5.65. The van der Waals surface area contributed by atoms with Crippen molar-refractivity contribution in [1.29, 1.82) is 0 Å². The summed E-state index contributed by atoms with van der Waals surface area (Å²) in [5, 5.41) is 0.658. The Morgan fingerprint density at radius 1 is 1.50 bits per heavy atom. The van der Waals surface area contributed by atoms with Crippen molar-refractivity contribution in [3.8, 4) is 0 Å². The molecule has 0 spiro atoms. The maximum absolute atomic E-state index is 12.3. The minimum Gasteiger partial charge on any atom is -0.250 e. The minimum atomic E-state index is -0.358. The second kappa shape index (κ2) is 3.90. The molecule has 0 radical (unpaired) electrons. The Morgan fingerprint density at radius 2 is 2.17 bits per heavy atom. The van der Waals surface area contributed by atoms with Gasteiger partial charge in [-0.05, 0) is 18.6 Å². The van der Waals surface area contributed by atoms with Gasteiger partial charge in [0, 0.05) is 10.9 Å². The number of halogens is 2. The predicted octanol–water partition coefficient (Wildman–Crippen LogP) is 3.72. The Kier molecular flexibility index (Phi) is 3.10. The largest absolute Gasteiger partial charge is 0.250 e. The van der Waals surface area contributed by atoms with E-state index >= 15 is 0 Å². The molecule has 0 N–H and O–H groups in total. The molecule has 1 unspecified atom stereocenters. The highest BCUT2D eigenvalue weighted by atomic mass is 35.5. The van der Waals surface area contributed by atoms with E-state index in [2.05, 4.69) is 0 Å². The molecule has 0 saturated heterocycles. The fourth-order valence-electron chi connectivity index (χ4n) is 1.12. The van der Waals surface area contributed by atoms with Crippen molar-refractivity contribution >= 4 is 11.6 Å². The van der Waals surface area contributed by atoms with Crippen molar-refractivity contribution in [2.75, 3.05) is 6.67 Å². The molecule has 0 aliphatic carbocycles. The molecule has 12 heavy (non-hydrogen) atoms. The third-order valence-electron chi connectivity index (χ3n) is 1.91. The van der Waals surface area contributed by atoms with E-state index in [9.17, 15) is 4.39 Å². The molecule has 0 bridgehead atoms. The van der Waals surface area contributed by atoms with Gasteiger partial charge in [-0.3, -0.25) is 4.39 Å². The minimum absolute atomic E-state index is 0.0996. The van der Waals surface area contributed by atoms with Crippen LogP contribution in [0.5, 0.6) is 0 Å². The highest BCUT2D eigenvalue weighted by Crippen LogP contribution is 2.25. The third kappa shape index (κ3) is 1.98. The normalized spacial score (nSPS) is 13.0. The van der Waals surface area contributed by atoms with E-state index in [4.69, 9.17) is 11.6 Å². The van der Waals surface area contributed by atoms with Gasteiger partial charge in [0.1, 0.15) is 0 Å². The average molecular weight is 187 g/mol. The van der Waals surface area contributed by atoms with Crippen LogP contribution < -0.4 is 0 Å². The Bertz CT molecular complexity index is 271. The van der Waals surface area contributed by atoms with Gasteiger partial charge in [-0.1, -0.05) is 36.2 Å². The Labute approximate surface area is 77.4 Å². The molecular formula is C10H12ClF. The van der Waals surface area contributed by atoms with E-state index in [-0.39, 0.29) is 12.6 Å². The van der Waals surface area contributed by atoms with Gasteiger partial charge in [0.25, 0.3) is 0 Å². The standard InChI is InChI=1S/C10H12ClF/c1-7-3-4-10(11)9(5-7)8(2)6-12/h3-5,8H,6H2,1-2H3. The molecule has 1 aromatic carbocycles. The number of hydrogen-bond donors (Lipinski definition) is 0. The first kappa shape index (κ1) is 9.53. The van der Waals surface area contributed by atoms with Crippen molar-refractivity contribution < 1.29 is 4.39 Å². The summed E-state index contributed by atoms with van der Waals surface area (Å²) in [4.78, 5) is 0. The molecule has 1 aromatic rings. The Morgan fingerprint density at radius 3 is 2.75 bits per heavy atom. The fourth-order valence-corrected chi connectivity index (χ4v) is 1.43. The molecule has 1 atom stereocenters. The maximum atomic E-state index is 12.3. The third-order valence-corrected chi connectivity index (χ3v) is 2.26. The smallest absolute Gasteiger partial charge is 0.0960 e. The van der Waals surface area contributed by atoms with E-state index in [0.717, 1.165) is 11.1 Å². The summed E-state index contributed by atoms with van der Waals surface area (Å²) in [6, 6.07) is 5.68. The highest BCUT2D eigenvalue weighted by Gasteiger charge is 2.08. The number of alkyl halides is 1. The van der Waals surface area contributed by atoms with Gasteiger partial charge in [-0.25, -0.2) is 0 Å². The van der Waals surface area contributed by atoms with Gasteiger partial charge in [-0.2, -0.15) is 0 Å². The van der Waals surface area contributed by atoms with Crippen LogP contribution in [0.2, 0.25) is 5.02 Å². The zero-order chi connectivity index (χ0) is 9.14. The average Bonchev–Trinajstić information content (AvgIpc) is 2.08. The second-order valence-electron chi connectivity index (χ2n) is 3.08. The molecule has 0 aromatic heterocycles. The van der Waals surface area contributed by atoms with E-state index < -0.39 is 0 Å². The summed E-state index contributed by atoms with van der Waals surface area (Å²) < 4.78 is 12.3. The molecule has 0 heterocycles. The lowest BCUT2D eigenvalue weighted by atomic mass is 10.0. The van der Waals surface area contributed by atoms with Gasteiger partial charge in [0.05, 0.1) is 6.67 Å². The van der Waals surface area contributed by atoms with Crippen LogP contribution in [0.3, 0.4) is 0 Å². The van der Waals surface area contributed by atoms with Crippen molar-refractivity contribution in [3.05, 3.63) is 34.3 Å². The number of aryl methyl sites for hydroxylation is 1. The molecule has 66 valence electrons. The predicted molar refractivity (Wildman–Crippen MR) is 50.6 cm³/mol. The second-order valence-corrected chi connectivity index (χ2v) is 3.49.